The molecule has 5 heteroatoms. The van der Waals surface area contributed by atoms with Crippen molar-refractivity contribution < 1.29 is 9.31 Å². The fraction of sp³-hybridized carbons (Fsp3) is 0.0667. The molecule has 0 spiro atoms. The van der Waals surface area contributed by atoms with E-state index >= 15 is 0 Å². The Morgan fingerprint density at radius 2 is 2.15 bits per heavy atom. The Morgan fingerprint density at radius 1 is 1.40 bits per heavy atom. The zero-order valence-corrected chi connectivity index (χ0v) is 11.6. The molecule has 1 aromatic heterocycles. The lowest BCUT2D eigenvalue weighted by molar-refractivity contribution is -0.384. The highest BCUT2D eigenvalue weighted by atomic mass is 32.1. The van der Waals surface area contributed by atoms with Crippen LogP contribution in [0.5, 0.6) is 0 Å². The largest absolute Gasteiger partial charge is 0.278 e. The molecule has 0 saturated carbocycles. The first-order chi connectivity index (χ1) is 9.56. The SMILES string of the molecule is C=C/C(=C\C)c1ccc(-c2ccc(F)s2)c([N+](=O)[O-])c1. The minimum absolute atomic E-state index is 0.0365. The van der Waals surface area contributed by atoms with E-state index in [4.69, 9.17) is 0 Å². The Bertz CT molecular complexity index is 704. The third-order valence-electron chi connectivity index (χ3n) is 2.90. The number of nitro benzene ring substituents is 1. The Balaban J connectivity index is 2.60. The van der Waals surface area contributed by atoms with Gasteiger partial charge in [-0.2, -0.15) is 4.39 Å². The number of nitro groups is 1. The minimum Gasteiger partial charge on any atom is -0.258 e. The second kappa shape index (κ2) is 5.79. The van der Waals surface area contributed by atoms with E-state index in [-0.39, 0.29) is 10.8 Å². The average Bonchev–Trinajstić information content (AvgIpc) is 2.86. The van der Waals surface area contributed by atoms with Crippen molar-refractivity contribution in [1.82, 2.24) is 0 Å². The van der Waals surface area contributed by atoms with Crippen LogP contribution in [0, 0.1) is 15.2 Å². The number of hydrogen-bond acceptors (Lipinski definition) is 3. The summed E-state index contributed by atoms with van der Waals surface area (Å²) in [5.41, 5.74) is 1.92. The fourth-order valence-electron chi connectivity index (χ4n) is 1.93. The van der Waals surface area contributed by atoms with Crippen LogP contribution < -0.4 is 0 Å². The maximum absolute atomic E-state index is 13.1. The molecule has 0 aliphatic rings. The molecule has 2 aromatic rings. The van der Waals surface area contributed by atoms with E-state index in [1.165, 1.54) is 12.1 Å². The van der Waals surface area contributed by atoms with Gasteiger partial charge in [0.15, 0.2) is 5.13 Å². The van der Waals surface area contributed by atoms with Gasteiger partial charge in [-0.3, -0.25) is 10.1 Å². The first kappa shape index (κ1) is 14.1. The minimum atomic E-state index is -0.452. The lowest BCUT2D eigenvalue weighted by atomic mass is 10.0. The van der Waals surface area contributed by atoms with Crippen molar-refractivity contribution in [3.8, 4) is 10.4 Å². The summed E-state index contributed by atoms with van der Waals surface area (Å²) >= 11 is 0.892. The molecule has 0 amide bonds. The van der Waals surface area contributed by atoms with Gasteiger partial charge in [0.05, 0.1) is 10.5 Å². The van der Waals surface area contributed by atoms with Crippen LogP contribution in [0.3, 0.4) is 0 Å². The fourth-order valence-corrected chi connectivity index (χ4v) is 2.70. The summed E-state index contributed by atoms with van der Waals surface area (Å²) in [7, 11) is 0. The second-order valence-electron chi connectivity index (χ2n) is 4.04. The van der Waals surface area contributed by atoms with Crippen LogP contribution in [-0.2, 0) is 0 Å². The van der Waals surface area contributed by atoms with E-state index in [9.17, 15) is 14.5 Å². The summed E-state index contributed by atoms with van der Waals surface area (Å²) in [5.74, 6) is 0. The molecule has 1 heterocycles. The average molecular weight is 289 g/mol. The number of halogens is 1. The van der Waals surface area contributed by atoms with E-state index in [2.05, 4.69) is 6.58 Å². The summed E-state index contributed by atoms with van der Waals surface area (Å²) in [6.45, 7) is 5.52. The predicted octanol–water partition coefficient (Wildman–Crippen LogP) is 5.05. The van der Waals surface area contributed by atoms with Gasteiger partial charge in [-0.15, -0.1) is 11.3 Å². The third-order valence-corrected chi connectivity index (χ3v) is 3.80. The van der Waals surface area contributed by atoms with Crippen molar-refractivity contribution in [1.29, 1.82) is 0 Å². The highest BCUT2D eigenvalue weighted by molar-refractivity contribution is 7.13. The lowest BCUT2D eigenvalue weighted by Gasteiger charge is -2.05. The molecule has 1 aromatic carbocycles. The van der Waals surface area contributed by atoms with Crippen molar-refractivity contribution in [2.24, 2.45) is 0 Å². The van der Waals surface area contributed by atoms with Crippen LogP contribution in [0.1, 0.15) is 12.5 Å². The van der Waals surface area contributed by atoms with Crippen molar-refractivity contribution >= 4 is 22.6 Å². The first-order valence-corrected chi connectivity index (χ1v) is 6.71. The van der Waals surface area contributed by atoms with E-state index in [1.807, 2.05) is 13.0 Å². The van der Waals surface area contributed by atoms with Gasteiger partial charge in [0.1, 0.15) is 0 Å². The molecule has 0 saturated heterocycles. The van der Waals surface area contributed by atoms with Gasteiger partial charge in [0, 0.05) is 10.9 Å². The summed E-state index contributed by atoms with van der Waals surface area (Å²) in [4.78, 5) is 11.3. The molecule has 2 rings (SSSR count). The van der Waals surface area contributed by atoms with Crippen molar-refractivity contribution in [3.05, 3.63) is 69.9 Å². The Hall–Kier alpha value is -2.27. The topological polar surface area (TPSA) is 43.1 Å². The zero-order valence-electron chi connectivity index (χ0n) is 10.8. The van der Waals surface area contributed by atoms with Gasteiger partial charge in [0.2, 0.25) is 0 Å². The van der Waals surface area contributed by atoms with Crippen molar-refractivity contribution in [2.75, 3.05) is 0 Å². The Kier molecular flexibility index (Phi) is 4.10. The van der Waals surface area contributed by atoms with E-state index < -0.39 is 4.92 Å². The Labute approximate surface area is 119 Å². The monoisotopic (exact) mass is 289 g/mol. The molecule has 0 N–H and O–H groups in total. The van der Waals surface area contributed by atoms with Gasteiger partial charge in [-0.1, -0.05) is 24.8 Å². The maximum atomic E-state index is 13.1. The molecule has 0 aliphatic heterocycles. The normalized spacial score (nSPS) is 11.4. The highest BCUT2D eigenvalue weighted by Crippen LogP contribution is 2.36. The van der Waals surface area contributed by atoms with E-state index in [0.29, 0.717) is 10.4 Å². The predicted molar refractivity (Wildman–Crippen MR) is 80.2 cm³/mol. The van der Waals surface area contributed by atoms with Crippen LogP contribution in [0.4, 0.5) is 10.1 Å². The molecule has 20 heavy (non-hydrogen) atoms. The highest BCUT2D eigenvalue weighted by Gasteiger charge is 2.18. The number of rotatable bonds is 4. The standard InChI is InChI=1S/C15H12FNO2S/c1-3-10(4-2)11-5-6-12(13(9-11)17(18)19)14-7-8-15(16)20-14/h3-9H,1H2,2H3/b10-4+. The van der Waals surface area contributed by atoms with Gasteiger partial charge < -0.3 is 0 Å². The molecular formula is C15H12FNO2S. The lowest BCUT2D eigenvalue weighted by Crippen LogP contribution is -1.93. The van der Waals surface area contributed by atoms with E-state index in [0.717, 1.165) is 22.5 Å². The van der Waals surface area contributed by atoms with Gasteiger partial charge in [-0.25, -0.2) is 0 Å². The van der Waals surface area contributed by atoms with Crippen LogP contribution in [0.15, 0.2) is 49.1 Å². The van der Waals surface area contributed by atoms with E-state index in [1.54, 1.807) is 24.3 Å². The molecule has 0 fully saturated rings. The number of benzene rings is 1. The second-order valence-corrected chi connectivity index (χ2v) is 5.07. The maximum Gasteiger partial charge on any atom is 0.278 e. The van der Waals surface area contributed by atoms with Gasteiger partial charge in [-0.05, 0) is 36.3 Å². The summed E-state index contributed by atoms with van der Waals surface area (Å²) < 4.78 is 13.1. The van der Waals surface area contributed by atoms with Crippen molar-refractivity contribution in [2.45, 2.75) is 6.92 Å². The number of hydrogen-bond donors (Lipinski definition) is 0. The Morgan fingerprint density at radius 3 is 2.65 bits per heavy atom. The smallest absolute Gasteiger partial charge is 0.258 e. The number of nitrogens with zero attached hydrogens (tertiary/aromatic N) is 1. The van der Waals surface area contributed by atoms with Crippen molar-refractivity contribution in [3.63, 3.8) is 0 Å². The molecule has 0 unspecified atom stereocenters. The zero-order chi connectivity index (χ0) is 14.7. The molecule has 3 nitrogen and oxygen atoms in total. The third kappa shape index (κ3) is 2.67. The van der Waals surface area contributed by atoms with Crippen LogP contribution in [-0.4, -0.2) is 4.92 Å². The molecule has 0 radical (unpaired) electrons. The van der Waals surface area contributed by atoms with Crippen LogP contribution in [0.25, 0.3) is 16.0 Å². The molecule has 102 valence electrons. The quantitative estimate of drug-likeness (QED) is 0.449. The van der Waals surface area contributed by atoms with Gasteiger partial charge >= 0.3 is 0 Å². The van der Waals surface area contributed by atoms with Crippen LogP contribution in [0.2, 0.25) is 0 Å². The molecule has 0 bridgehead atoms. The summed E-state index contributed by atoms with van der Waals surface area (Å²) in [5, 5.41) is 10.9. The molecular weight excluding hydrogens is 277 g/mol. The van der Waals surface area contributed by atoms with Gasteiger partial charge in [0.25, 0.3) is 5.69 Å². The first-order valence-electron chi connectivity index (χ1n) is 5.90. The molecule has 0 atom stereocenters. The van der Waals surface area contributed by atoms with Crippen LogP contribution >= 0.6 is 11.3 Å². The molecule has 0 aliphatic carbocycles. The summed E-state index contributed by atoms with van der Waals surface area (Å²) in [6.07, 6.45) is 3.47. The number of allylic oxidation sites excluding steroid dienone is 3. The number of thiophene rings is 1. The summed E-state index contributed by atoms with van der Waals surface area (Å²) in [6, 6.07) is 7.76.